The quantitative estimate of drug-likeness (QED) is 0.279. The number of Topliss-reactive ketones (excluding diaryl/α,β-unsaturated/α-hetero) is 1. The average molecular weight is 634 g/mol. The van der Waals surface area contributed by atoms with Crippen molar-refractivity contribution in [2.45, 2.75) is 91.5 Å². The van der Waals surface area contributed by atoms with Crippen LogP contribution < -0.4 is 15.4 Å². The Morgan fingerprint density at radius 1 is 1.07 bits per heavy atom. The smallest absolute Gasteiger partial charge is 0.266 e. The van der Waals surface area contributed by atoms with E-state index in [-0.39, 0.29) is 24.3 Å². The van der Waals surface area contributed by atoms with E-state index in [2.05, 4.69) is 34.2 Å². The fourth-order valence-electron chi connectivity index (χ4n) is 5.64. The van der Waals surface area contributed by atoms with Crippen molar-refractivity contribution in [3.63, 3.8) is 0 Å². The number of hydrogen-bond donors (Lipinski definition) is 3. The molecule has 2 saturated heterocycles. The zero-order chi connectivity index (χ0) is 32.3. The van der Waals surface area contributed by atoms with Gasteiger partial charge in [-0.2, -0.15) is 0 Å². The normalized spacial score (nSPS) is 21.1. The molecule has 1 aliphatic carbocycles. The molecule has 248 valence electrons. The van der Waals surface area contributed by atoms with Crippen LogP contribution in [0.5, 0.6) is 0 Å². The van der Waals surface area contributed by atoms with E-state index in [0.717, 1.165) is 24.8 Å². The van der Waals surface area contributed by atoms with Crippen molar-refractivity contribution in [3.8, 4) is 0 Å². The molecule has 3 aliphatic rings. The number of nitrogens with one attached hydrogen (secondary N) is 3. The van der Waals surface area contributed by atoms with Crippen LogP contribution in [0.4, 0.5) is 0 Å². The van der Waals surface area contributed by atoms with Gasteiger partial charge in [-0.1, -0.05) is 78.4 Å². The van der Waals surface area contributed by atoms with Crippen molar-refractivity contribution in [2.75, 3.05) is 39.0 Å². The summed E-state index contributed by atoms with van der Waals surface area (Å²) in [4.78, 5) is 40.9. The molecule has 2 unspecified atom stereocenters. The van der Waals surface area contributed by atoms with Crippen LogP contribution in [-0.2, 0) is 20.6 Å². The molecule has 3 N–H and O–H groups in total. The molecule has 0 bridgehead atoms. The number of nitrogens with zero attached hydrogens (tertiary/aromatic N) is 2. The lowest BCUT2D eigenvalue weighted by Crippen LogP contribution is -2.46. The number of carbonyl (C=O) groups is 3. The topological polar surface area (TPSA) is 134 Å². The number of rotatable bonds is 8. The summed E-state index contributed by atoms with van der Waals surface area (Å²) < 4.78 is 18.1. The van der Waals surface area contributed by atoms with E-state index < -0.39 is 22.8 Å². The van der Waals surface area contributed by atoms with E-state index >= 15 is 0 Å². The van der Waals surface area contributed by atoms with E-state index in [1.54, 1.807) is 30.5 Å². The molecule has 11 heteroatoms. The first-order valence-electron chi connectivity index (χ1n) is 16.3. The van der Waals surface area contributed by atoms with Crippen LogP contribution in [0, 0.1) is 17.8 Å². The molecule has 3 atom stereocenters. The summed E-state index contributed by atoms with van der Waals surface area (Å²) in [6, 6.07) is 6.54. The maximum atomic E-state index is 12.2. The van der Waals surface area contributed by atoms with Crippen LogP contribution >= 0.6 is 0 Å². The Morgan fingerprint density at radius 2 is 1.75 bits per heavy atom. The second-order valence-electron chi connectivity index (χ2n) is 12.0. The second-order valence-corrected chi connectivity index (χ2v) is 13.2. The van der Waals surface area contributed by atoms with Crippen LogP contribution in [0.3, 0.4) is 0 Å². The van der Waals surface area contributed by atoms with Crippen LogP contribution in [0.25, 0.3) is 11.1 Å². The SMILES string of the molecule is CC1CCCCC1.CCC1CCNCC1.CCNS(C)=O.C[C@H]1CCN(C=O)C1C(=O)NCC(=O)c1nc2ccccc2o1. The molecular formula is C33H55N5O5S. The van der Waals surface area contributed by atoms with Gasteiger partial charge in [-0.25, -0.2) is 13.9 Å². The second kappa shape index (κ2) is 21.2. The molecule has 10 nitrogen and oxygen atoms in total. The van der Waals surface area contributed by atoms with E-state index in [4.69, 9.17) is 4.42 Å². The number of carbonyl (C=O) groups excluding carboxylic acids is 3. The van der Waals surface area contributed by atoms with E-state index in [0.29, 0.717) is 24.1 Å². The lowest BCUT2D eigenvalue weighted by atomic mass is 9.91. The number of piperidine rings is 1. The summed E-state index contributed by atoms with van der Waals surface area (Å²) in [5.74, 6) is 1.37. The molecule has 5 rings (SSSR count). The van der Waals surface area contributed by atoms with Gasteiger partial charge in [0.1, 0.15) is 11.6 Å². The molecule has 1 aromatic heterocycles. The van der Waals surface area contributed by atoms with Crippen LogP contribution in [0.15, 0.2) is 28.7 Å². The van der Waals surface area contributed by atoms with Crippen molar-refractivity contribution in [1.29, 1.82) is 0 Å². The highest BCUT2D eigenvalue weighted by Crippen LogP contribution is 2.23. The molecule has 2 amide bonds. The van der Waals surface area contributed by atoms with Gasteiger partial charge in [-0.15, -0.1) is 0 Å². The van der Waals surface area contributed by atoms with Crippen molar-refractivity contribution in [2.24, 2.45) is 17.8 Å². The summed E-state index contributed by atoms with van der Waals surface area (Å²) in [7, 11) is -0.816. The molecule has 3 heterocycles. The average Bonchev–Trinajstić information content (AvgIpc) is 3.65. The number of benzene rings is 1. The molecular weight excluding hydrogens is 578 g/mol. The Morgan fingerprint density at radius 3 is 2.25 bits per heavy atom. The predicted octanol–water partition coefficient (Wildman–Crippen LogP) is 4.87. The highest BCUT2D eigenvalue weighted by molar-refractivity contribution is 7.82. The van der Waals surface area contributed by atoms with Gasteiger partial charge >= 0.3 is 0 Å². The zero-order valence-corrected chi connectivity index (χ0v) is 28.3. The van der Waals surface area contributed by atoms with Crippen LogP contribution in [0.1, 0.15) is 96.2 Å². The summed E-state index contributed by atoms with van der Waals surface area (Å²) in [5, 5.41) is 5.92. The highest BCUT2D eigenvalue weighted by Gasteiger charge is 2.36. The van der Waals surface area contributed by atoms with Gasteiger partial charge in [-0.3, -0.25) is 14.4 Å². The Kier molecular flexibility index (Phi) is 18.1. The highest BCUT2D eigenvalue weighted by atomic mass is 32.2. The Labute approximate surface area is 266 Å². The number of amides is 2. The third-order valence-electron chi connectivity index (χ3n) is 8.38. The third-order valence-corrected chi connectivity index (χ3v) is 9.07. The molecule has 2 aromatic rings. The summed E-state index contributed by atoms with van der Waals surface area (Å²) in [5.41, 5.74) is 1.12. The van der Waals surface area contributed by atoms with E-state index in [1.807, 2.05) is 13.8 Å². The van der Waals surface area contributed by atoms with Crippen LogP contribution in [0.2, 0.25) is 0 Å². The molecule has 0 radical (unpaired) electrons. The van der Waals surface area contributed by atoms with E-state index in [9.17, 15) is 18.6 Å². The Balaban J connectivity index is 0.000000260. The fraction of sp³-hybridized carbons (Fsp3) is 0.697. The first-order valence-corrected chi connectivity index (χ1v) is 17.9. The zero-order valence-electron chi connectivity index (χ0n) is 27.4. The van der Waals surface area contributed by atoms with Gasteiger partial charge in [0.25, 0.3) is 5.89 Å². The first-order chi connectivity index (χ1) is 21.2. The lowest BCUT2D eigenvalue weighted by Gasteiger charge is -2.21. The summed E-state index contributed by atoms with van der Waals surface area (Å²) >= 11 is 0. The monoisotopic (exact) mass is 633 g/mol. The minimum absolute atomic E-state index is 0.0294. The standard InChI is InChI=1S/C16H17N3O4.C7H15N.C7H14.C3H9NOS/c1-10-6-7-19(9-20)14(10)15(22)17-8-12(21)16-18-11-4-2-3-5-13(11)23-16;1-2-7-3-5-8-6-4-7;1-7-5-3-2-4-6-7;1-3-4-6(2)5/h2-5,9-10,14H,6-8H2,1H3,(H,17,22);7-8H,2-6H2,1H3;7H,2-6H2,1H3;4H,3H2,1-2H3/t10-,14?;;;/m0.../s1. The molecule has 0 spiro atoms. The number of oxazole rings is 1. The number of likely N-dealkylation sites (tertiary alicyclic amines) is 1. The lowest BCUT2D eigenvalue weighted by molar-refractivity contribution is -0.131. The minimum Gasteiger partial charge on any atom is -0.434 e. The Hall–Kier alpha value is -2.63. The fourth-order valence-corrected chi connectivity index (χ4v) is 6.05. The molecule has 2 aliphatic heterocycles. The summed E-state index contributed by atoms with van der Waals surface area (Å²) in [6.07, 6.45) is 14.7. The van der Waals surface area contributed by atoms with Gasteiger partial charge < -0.3 is 20.0 Å². The first kappa shape index (κ1) is 37.6. The van der Waals surface area contributed by atoms with Gasteiger partial charge in [0.05, 0.1) is 17.5 Å². The van der Waals surface area contributed by atoms with Crippen molar-refractivity contribution < 1.29 is 23.0 Å². The molecule has 44 heavy (non-hydrogen) atoms. The van der Waals surface area contributed by atoms with Crippen molar-refractivity contribution in [3.05, 3.63) is 30.2 Å². The van der Waals surface area contributed by atoms with Gasteiger partial charge in [0, 0.05) is 19.3 Å². The third kappa shape index (κ3) is 13.6. The van der Waals surface area contributed by atoms with Crippen molar-refractivity contribution in [1.82, 2.24) is 25.2 Å². The largest absolute Gasteiger partial charge is 0.434 e. The van der Waals surface area contributed by atoms with Gasteiger partial charge in [0.2, 0.25) is 18.1 Å². The maximum Gasteiger partial charge on any atom is 0.266 e. The summed E-state index contributed by atoms with van der Waals surface area (Å²) in [6.45, 7) is 12.1. The number of fused-ring (bicyclic) bond motifs is 1. The number of para-hydroxylation sites is 2. The number of ketones is 1. The predicted molar refractivity (Wildman–Crippen MR) is 178 cm³/mol. The maximum absolute atomic E-state index is 12.2. The number of hydrogen-bond acceptors (Lipinski definition) is 7. The molecule has 3 fully saturated rings. The van der Waals surface area contributed by atoms with Crippen LogP contribution in [-0.4, -0.2) is 77.2 Å². The number of aromatic nitrogens is 1. The Bertz CT molecular complexity index is 1110. The van der Waals surface area contributed by atoms with Crippen molar-refractivity contribution >= 4 is 40.2 Å². The van der Waals surface area contributed by atoms with Gasteiger partial charge in [-0.05, 0) is 62.2 Å². The van der Waals surface area contributed by atoms with E-state index in [1.165, 1.54) is 69.4 Å². The minimum atomic E-state index is -0.816. The molecule has 1 aromatic carbocycles. The molecule has 1 saturated carbocycles. The van der Waals surface area contributed by atoms with Gasteiger partial charge in [0.15, 0.2) is 5.58 Å².